The van der Waals surface area contributed by atoms with Crippen molar-refractivity contribution in [2.75, 3.05) is 19.8 Å². The third kappa shape index (κ3) is 35.4. The number of unbranched alkanes of at least 4 members (excludes halogenated alkanes) is 28. The average molecular weight is 1120 g/mol. The molecule has 0 spiro atoms. The largest absolute Gasteiger partial charge is 0.394 e. The number of carbonyl (C=O) groups excluding carboxylic acids is 1. The van der Waals surface area contributed by atoms with E-state index in [4.69, 9.17) is 18.9 Å². The summed E-state index contributed by atoms with van der Waals surface area (Å²) in [6.45, 7) is 2.75. The lowest BCUT2D eigenvalue weighted by Crippen LogP contribution is -2.65. The summed E-state index contributed by atoms with van der Waals surface area (Å²) in [6.07, 6.45) is 48.1. The van der Waals surface area contributed by atoms with E-state index in [1.54, 1.807) is 0 Å². The molecule has 2 fully saturated rings. The number of rotatable bonds is 51. The van der Waals surface area contributed by atoms with E-state index in [2.05, 4.69) is 79.9 Å². The van der Waals surface area contributed by atoms with Crippen LogP contribution < -0.4 is 5.32 Å². The fraction of sp³-hybridized carbons (Fsp3) is 0.831. The predicted octanol–water partition coefficient (Wildman–Crippen LogP) is 11.7. The molecular weight excluding hydrogens is 1000 g/mol. The van der Waals surface area contributed by atoms with Gasteiger partial charge in [-0.3, -0.25) is 4.79 Å². The number of ether oxygens (including phenoxy) is 4. The summed E-state index contributed by atoms with van der Waals surface area (Å²) in [5, 5.41) is 87.2. The number of allylic oxidation sites excluding steroid dienone is 10. The molecule has 460 valence electrons. The summed E-state index contributed by atoms with van der Waals surface area (Å²) < 4.78 is 22.8. The van der Waals surface area contributed by atoms with Gasteiger partial charge in [-0.25, -0.2) is 0 Å². The number of nitrogens with one attached hydrogen (secondary N) is 1. The second-order valence-electron chi connectivity index (χ2n) is 22.5. The fourth-order valence-electron chi connectivity index (χ4n) is 10.4. The first-order valence-electron chi connectivity index (χ1n) is 32.0. The third-order valence-corrected chi connectivity index (χ3v) is 15.5. The fourth-order valence-corrected chi connectivity index (χ4v) is 10.4. The summed E-state index contributed by atoms with van der Waals surface area (Å²) in [7, 11) is 0. The first-order valence-corrected chi connectivity index (χ1v) is 32.0. The van der Waals surface area contributed by atoms with Crippen molar-refractivity contribution in [3.05, 3.63) is 60.8 Å². The van der Waals surface area contributed by atoms with E-state index in [-0.39, 0.29) is 12.5 Å². The number of amides is 1. The van der Waals surface area contributed by atoms with Crippen LogP contribution in [-0.4, -0.2) is 140 Å². The smallest absolute Gasteiger partial charge is 0.220 e. The minimum absolute atomic E-state index is 0.207. The Morgan fingerprint density at radius 1 is 0.468 bits per heavy atom. The molecule has 0 bridgehead atoms. The minimum atomic E-state index is -1.78. The molecule has 0 aromatic rings. The van der Waals surface area contributed by atoms with Crippen molar-refractivity contribution in [2.45, 2.75) is 325 Å². The van der Waals surface area contributed by atoms with E-state index in [9.17, 15) is 45.6 Å². The van der Waals surface area contributed by atoms with Gasteiger partial charge in [0.25, 0.3) is 0 Å². The highest BCUT2D eigenvalue weighted by molar-refractivity contribution is 5.76. The van der Waals surface area contributed by atoms with Gasteiger partial charge in [0.15, 0.2) is 12.6 Å². The number of carbonyl (C=O) groups is 1. The Bertz CT molecular complexity index is 1560. The molecule has 0 aromatic heterocycles. The molecule has 0 aromatic carbocycles. The molecule has 0 saturated carbocycles. The Kier molecular flexibility index (Phi) is 46.3. The molecule has 2 rings (SSSR count). The number of hydrogen-bond donors (Lipinski definition) is 9. The Morgan fingerprint density at radius 2 is 0.873 bits per heavy atom. The lowest BCUT2D eigenvalue weighted by Gasteiger charge is -2.46. The van der Waals surface area contributed by atoms with Gasteiger partial charge >= 0.3 is 0 Å². The van der Waals surface area contributed by atoms with Crippen LogP contribution >= 0.6 is 0 Å². The predicted molar refractivity (Wildman–Crippen MR) is 318 cm³/mol. The summed E-state index contributed by atoms with van der Waals surface area (Å²) >= 11 is 0. The number of hydrogen-bond acceptors (Lipinski definition) is 13. The molecule has 1 amide bonds. The number of aliphatic hydroxyl groups excluding tert-OH is 8. The zero-order chi connectivity index (χ0) is 57.4. The monoisotopic (exact) mass is 1120 g/mol. The Hall–Kier alpha value is -2.31. The van der Waals surface area contributed by atoms with E-state index >= 15 is 0 Å². The van der Waals surface area contributed by atoms with Crippen LogP contribution in [0.15, 0.2) is 60.8 Å². The standard InChI is InChI=1S/C65H117NO13/c1-3-5-7-9-11-13-15-17-18-19-20-21-22-23-24-25-26-27-28-29-30-31-32-33-34-35-36-37-39-41-43-45-47-49-57(70)66-53(54(69)48-46-44-42-40-38-16-14-12-10-8-6-4-2)52-76-64-62(75)60(73)63(56(51-68)78-64)79-65-61(74)59(72)58(71)55(50-67)77-65/h5,7,11,13,17-18,20-21,23-24,53-56,58-65,67-69,71-75H,3-4,6,8-10,12,14-16,19,22,25-52H2,1-2H3,(H,66,70)/b7-5-,13-11-,18-17-,21-20-,24-23-. The zero-order valence-corrected chi connectivity index (χ0v) is 49.6. The molecule has 14 nitrogen and oxygen atoms in total. The summed E-state index contributed by atoms with van der Waals surface area (Å²) in [5.74, 6) is -0.207. The maximum Gasteiger partial charge on any atom is 0.220 e. The van der Waals surface area contributed by atoms with Gasteiger partial charge in [-0.15, -0.1) is 0 Å². The quantitative estimate of drug-likeness (QED) is 0.0204. The Balaban J connectivity index is 1.62. The van der Waals surface area contributed by atoms with Crippen LogP contribution in [0.1, 0.15) is 251 Å². The molecule has 2 heterocycles. The third-order valence-electron chi connectivity index (χ3n) is 15.5. The second-order valence-corrected chi connectivity index (χ2v) is 22.5. The van der Waals surface area contributed by atoms with E-state index in [1.165, 1.54) is 141 Å². The van der Waals surface area contributed by atoms with Crippen LogP contribution in [0.2, 0.25) is 0 Å². The minimum Gasteiger partial charge on any atom is -0.394 e. The molecule has 0 radical (unpaired) electrons. The molecule has 79 heavy (non-hydrogen) atoms. The van der Waals surface area contributed by atoms with Gasteiger partial charge in [-0.05, 0) is 57.8 Å². The molecule has 9 N–H and O–H groups in total. The van der Waals surface area contributed by atoms with Gasteiger partial charge in [0.2, 0.25) is 5.91 Å². The molecule has 2 saturated heterocycles. The Morgan fingerprint density at radius 3 is 1.34 bits per heavy atom. The van der Waals surface area contributed by atoms with Crippen LogP contribution in [0.4, 0.5) is 0 Å². The van der Waals surface area contributed by atoms with E-state index < -0.39 is 86.8 Å². The van der Waals surface area contributed by atoms with Crippen molar-refractivity contribution >= 4 is 5.91 Å². The summed E-state index contributed by atoms with van der Waals surface area (Å²) in [6, 6.07) is -0.828. The molecule has 0 aliphatic carbocycles. The second kappa shape index (κ2) is 50.2. The van der Waals surface area contributed by atoms with E-state index in [0.717, 1.165) is 83.5 Å². The lowest BCUT2D eigenvalue weighted by molar-refractivity contribution is -0.359. The van der Waals surface area contributed by atoms with E-state index in [0.29, 0.717) is 12.8 Å². The first-order chi connectivity index (χ1) is 38.6. The zero-order valence-electron chi connectivity index (χ0n) is 49.6. The maximum atomic E-state index is 13.3. The van der Waals surface area contributed by atoms with E-state index in [1.807, 2.05) is 0 Å². The van der Waals surface area contributed by atoms with Gasteiger partial charge in [0.05, 0.1) is 32.0 Å². The van der Waals surface area contributed by atoms with Crippen LogP contribution in [0.25, 0.3) is 0 Å². The maximum absolute atomic E-state index is 13.3. The van der Waals surface area contributed by atoms with Gasteiger partial charge in [-0.1, -0.05) is 248 Å². The topological polar surface area (TPSA) is 228 Å². The molecule has 12 unspecified atom stereocenters. The van der Waals surface area contributed by atoms with Gasteiger partial charge < -0.3 is 65.1 Å². The number of aliphatic hydroxyl groups is 8. The van der Waals surface area contributed by atoms with Crippen LogP contribution in [0.3, 0.4) is 0 Å². The molecule has 14 heteroatoms. The molecule has 12 atom stereocenters. The lowest BCUT2D eigenvalue weighted by atomic mass is 9.97. The molecule has 2 aliphatic rings. The van der Waals surface area contributed by atoms with Crippen LogP contribution in [0, 0.1) is 0 Å². The van der Waals surface area contributed by atoms with Crippen LogP contribution in [0.5, 0.6) is 0 Å². The van der Waals surface area contributed by atoms with Crippen molar-refractivity contribution in [1.29, 1.82) is 0 Å². The van der Waals surface area contributed by atoms with Gasteiger partial charge in [-0.2, -0.15) is 0 Å². The van der Waals surface area contributed by atoms with Crippen molar-refractivity contribution in [1.82, 2.24) is 5.32 Å². The average Bonchev–Trinajstić information content (AvgIpc) is 3.49. The van der Waals surface area contributed by atoms with Crippen molar-refractivity contribution in [2.24, 2.45) is 0 Å². The van der Waals surface area contributed by atoms with Gasteiger partial charge in [0.1, 0.15) is 48.8 Å². The van der Waals surface area contributed by atoms with Crippen LogP contribution in [-0.2, 0) is 23.7 Å². The highest BCUT2D eigenvalue weighted by Gasteiger charge is 2.51. The van der Waals surface area contributed by atoms with Crippen molar-refractivity contribution < 1.29 is 64.6 Å². The van der Waals surface area contributed by atoms with Crippen molar-refractivity contribution in [3.63, 3.8) is 0 Å². The first kappa shape index (κ1) is 72.8. The highest BCUT2D eigenvalue weighted by Crippen LogP contribution is 2.30. The summed E-state index contributed by atoms with van der Waals surface area (Å²) in [5.41, 5.74) is 0. The summed E-state index contributed by atoms with van der Waals surface area (Å²) in [4.78, 5) is 13.3. The Labute approximate surface area is 479 Å². The van der Waals surface area contributed by atoms with Gasteiger partial charge in [0, 0.05) is 6.42 Å². The van der Waals surface area contributed by atoms with Crippen molar-refractivity contribution in [3.8, 4) is 0 Å². The normalized spacial score (nSPS) is 24.8. The molecule has 2 aliphatic heterocycles. The SMILES string of the molecule is CC/C=C\C/C=C\C/C=C\C/C=C\C/C=C\CCCCCCCCCCCCCCCCCCCC(=O)NC(COC1OC(CO)C(OC2OC(CO)C(O)C(O)C2O)C(O)C1O)C(O)CCCCCCCCCCCCCC. The highest BCUT2D eigenvalue weighted by atomic mass is 16.7. The molecular formula is C65H117NO13.